The van der Waals surface area contributed by atoms with Gasteiger partial charge in [-0.15, -0.1) is 5.10 Å². The fraction of sp³-hybridized carbons (Fsp3) is 0.176. The Hall–Kier alpha value is -2.82. The minimum atomic E-state index is -3.67. The average molecular weight is 421 g/mol. The molecule has 0 aliphatic heterocycles. The molecule has 1 amide bonds. The molecule has 3 aromatic rings. The molecule has 1 aromatic heterocycles. The van der Waals surface area contributed by atoms with Gasteiger partial charge in [0.05, 0.1) is 17.0 Å². The summed E-state index contributed by atoms with van der Waals surface area (Å²) in [4.78, 5) is 12.1. The maximum atomic E-state index is 12.2. The number of nitrogens with zero attached hydrogens (tertiary/aromatic N) is 4. The van der Waals surface area contributed by atoms with Gasteiger partial charge in [-0.2, -0.15) is 0 Å². The zero-order valence-electron chi connectivity index (χ0n) is 14.6. The van der Waals surface area contributed by atoms with Crippen LogP contribution in [0.3, 0.4) is 0 Å². The van der Waals surface area contributed by atoms with E-state index in [-0.39, 0.29) is 30.3 Å². The molecule has 0 fully saturated rings. The fourth-order valence-electron chi connectivity index (χ4n) is 2.40. The SMILES string of the molecule is O=C(Cc1ccc(-n2cnnn2)cc1)NCCNS(=O)(=O)c1cccc(Cl)c1. The topological polar surface area (TPSA) is 119 Å². The number of sulfonamides is 1. The van der Waals surface area contributed by atoms with E-state index in [1.54, 1.807) is 36.4 Å². The van der Waals surface area contributed by atoms with Crippen molar-refractivity contribution < 1.29 is 13.2 Å². The largest absolute Gasteiger partial charge is 0.355 e. The normalized spacial score (nSPS) is 11.3. The Morgan fingerprint density at radius 2 is 1.89 bits per heavy atom. The van der Waals surface area contributed by atoms with E-state index in [0.717, 1.165) is 11.3 Å². The second-order valence-electron chi connectivity index (χ2n) is 5.80. The van der Waals surface area contributed by atoms with Crippen LogP contribution in [0.15, 0.2) is 59.8 Å². The molecular formula is C17H17ClN6O3S. The summed E-state index contributed by atoms with van der Waals surface area (Å²) in [5.74, 6) is -0.211. The highest BCUT2D eigenvalue weighted by Crippen LogP contribution is 2.14. The summed E-state index contributed by atoms with van der Waals surface area (Å²) in [6.07, 6.45) is 1.66. The third-order valence-electron chi connectivity index (χ3n) is 3.76. The van der Waals surface area contributed by atoms with Gasteiger partial charge in [0, 0.05) is 18.1 Å². The molecule has 0 aliphatic carbocycles. The number of hydrogen-bond acceptors (Lipinski definition) is 6. The van der Waals surface area contributed by atoms with Crippen LogP contribution in [0.1, 0.15) is 5.56 Å². The number of carbonyl (C=O) groups is 1. The first-order chi connectivity index (χ1) is 13.4. The van der Waals surface area contributed by atoms with Gasteiger partial charge >= 0.3 is 0 Å². The number of nitrogens with one attached hydrogen (secondary N) is 2. The minimum absolute atomic E-state index is 0.0683. The van der Waals surface area contributed by atoms with Crippen molar-refractivity contribution in [1.29, 1.82) is 0 Å². The summed E-state index contributed by atoms with van der Waals surface area (Å²) in [5, 5.41) is 13.9. The molecule has 0 saturated heterocycles. The van der Waals surface area contributed by atoms with Gasteiger partial charge in [-0.05, 0) is 46.3 Å². The molecule has 1 heterocycles. The van der Waals surface area contributed by atoms with Gasteiger partial charge in [0.25, 0.3) is 0 Å². The van der Waals surface area contributed by atoms with Crippen LogP contribution in [0.4, 0.5) is 0 Å². The lowest BCUT2D eigenvalue weighted by Crippen LogP contribution is -2.35. The molecule has 2 N–H and O–H groups in total. The Morgan fingerprint density at radius 3 is 2.57 bits per heavy atom. The van der Waals surface area contributed by atoms with E-state index < -0.39 is 10.0 Å². The first-order valence-corrected chi connectivity index (χ1v) is 10.1. The number of hydrogen-bond donors (Lipinski definition) is 2. The van der Waals surface area contributed by atoms with Gasteiger partial charge < -0.3 is 5.32 Å². The lowest BCUT2D eigenvalue weighted by Gasteiger charge is -2.09. The molecule has 28 heavy (non-hydrogen) atoms. The van der Waals surface area contributed by atoms with E-state index in [9.17, 15) is 13.2 Å². The van der Waals surface area contributed by atoms with Gasteiger partial charge in [0.2, 0.25) is 15.9 Å². The van der Waals surface area contributed by atoms with E-state index in [4.69, 9.17) is 11.6 Å². The first kappa shape index (κ1) is 19.9. The van der Waals surface area contributed by atoms with Crippen LogP contribution in [0.5, 0.6) is 0 Å². The number of rotatable bonds is 8. The van der Waals surface area contributed by atoms with Crippen LogP contribution in [0, 0.1) is 0 Å². The zero-order chi connectivity index (χ0) is 20.0. The van der Waals surface area contributed by atoms with Gasteiger partial charge in [0.15, 0.2) is 0 Å². The van der Waals surface area contributed by atoms with Gasteiger partial charge in [0.1, 0.15) is 6.33 Å². The molecule has 0 aliphatic rings. The highest BCUT2D eigenvalue weighted by molar-refractivity contribution is 7.89. The van der Waals surface area contributed by atoms with Crippen molar-refractivity contribution >= 4 is 27.5 Å². The number of tetrazole rings is 1. The standard InChI is InChI=1S/C17H17ClN6O3S/c18-14-2-1-3-16(11-14)28(26,27)21-9-8-19-17(25)10-13-4-6-15(7-5-13)24-12-20-22-23-24/h1-7,11-12,21H,8-10H2,(H,19,25). The fourth-order valence-corrected chi connectivity index (χ4v) is 3.73. The maximum absolute atomic E-state index is 12.2. The first-order valence-electron chi connectivity index (χ1n) is 8.28. The van der Waals surface area contributed by atoms with Crippen molar-refractivity contribution in [3.05, 3.63) is 65.4 Å². The molecule has 0 spiro atoms. The second kappa shape index (κ2) is 8.91. The molecule has 0 atom stereocenters. The van der Waals surface area contributed by atoms with Crippen LogP contribution >= 0.6 is 11.6 Å². The molecule has 9 nitrogen and oxygen atoms in total. The number of aromatic nitrogens is 4. The van der Waals surface area contributed by atoms with Crippen molar-refractivity contribution in [3.63, 3.8) is 0 Å². The molecule has 0 bridgehead atoms. The quantitative estimate of drug-likeness (QED) is 0.524. The minimum Gasteiger partial charge on any atom is -0.355 e. The summed E-state index contributed by atoms with van der Waals surface area (Å²) in [5.41, 5.74) is 1.60. The lowest BCUT2D eigenvalue weighted by molar-refractivity contribution is -0.120. The lowest BCUT2D eigenvalue weighted by atomic mass is 10.1. The van der Waals surface area contributed by atoms with E-state index in [1.165, 1.54) is 23.1 Å². The molecule has 0 unspecified atom stereocenters. The van der Waals surface area contributed by atoms with Crippen molar-refractivity contribution in [1.82, 2.24) is 30.2 Å². The summed E-state index contributed by atoms with van der Waals surface area (Å²) >= 11 is 5.81. The number of halogens is 1. The van der Waals surface area contributed by atoms with E-state index in [0.29, 0.717) is 5.02 Å². The predicted molar refractivity (Wildman–Crippen MR) is 103 cm³/mol. The van der Waals surface area contributed by atoms with Crippen LogP contribution in [-0.2, 0) is 21.2 Å². The maximum Gasteiger partial charge on any atom is 0.240 e. The molecule has 11 heteroatoms. The Bertz CT molecular complexity index is 1040. The molecule has 3 rings (SSSR count). The van der Waals surface area contributed by atoms with Gasteiger partial charge in [-0.1, -0.05) is 29.8 Å². The third-order valence-corrected chi connectivity index (χ3v) is 5.45. The zero-order valence-corrected chi connectivity index (χ0v) is 16.2. The molecule has 146 valence electrons. The summed E-state index contributed by atoms with van der Waals surface area (Å²) in [7, 11) is -3.67. The monoisotopic (exact) mass is 420 g/mol. The molecule has 0 saturated carbocycles. The third kappa shape index (κ3) is 5.35. The van der Waals surface area contributed by atoms with Crippen molar-refractivity contribution in [3.8, 4) is 5.69 Å². The smallest absolute Gasteiger partial charge is 0.240 e. The Balaban J connectivity index is 1.44. The number of carbonyl (C=O) groups excluding carboxylic acids is 1. The summed E-state index contributed by atoms with van der Waals surface area (Å²) < 4.78 is 28.2. The average Bonchev–Trinajstić information content (AvgIpc) is 3.21. The predicted octanol–water partition coefficient (Wildman–Crippen LogP) is 0.953. The Kier molecular flexibility index (Phi) is 6.34. The summed E-state index contributed by atoms with van der Waals surface area (Å²) in [6.45, 7) is 0.236. The van der Waals surface area contributed by atoms with Crippen LogP contribution in [-0.4, -0.2) is 47.6 Å². The van der Waals surface area contributed by atoms with Crippen LogP contribution in [0.25, 0.3) is 5.69 Å². The Morgan fingerprint density at radius 1 is 1.11 bits per heavy atom. The number of benzene rings is 2. The van der Waals surface area contributed by atoms with Gasteiger partial charge in [-0.3, -0.25) is 4.79 Å². The number of amides is 1. The Labute approximate surface area is 166 Å². The molecular weight excluding hydrogens is 404 g/mol. The van der Waals surface area contributed by atoms with E-state index in [1.807, 2.05) is 0 Å². The van der Waals surface area contributed by atoms with E-state index in [2.05, 4.69) is 25.6 Å². The molecule has 0 radical (unpaired) electrons. The highest BCUT2D eigenvalue weighted by Gasteiger charge is 2.13. The highest BCUT2D eigenvalue weighted by atomic mass is 35.5. The molecule has 2 aromatic carbocycles. The van der Waals surface area contributed by atoms with Crippen LogP contribution < -0.4 is 10.0 Å². The van der Waals surface area contributed by atoms with E-state index >= 15 is 0 Å². The van der Waals surface area contributed by atoms with Crippen molar-refractivity contribution in [2.45, 2.75) is 11.3 Å². The van der Waals surface area contributed by atoms with Crippen molar-refractivity contribution in [2.24, 2.45) is 0 Å². The summed E-state index contributed by atoms with van der Waals surface area (Å²) in [6, 6.07) is 13.2. The van der Waals surface area contributed by atoms with Gasteiger partial charge in [-0.25, -0.2) is 17.8 Å². The second-order valence-corrected chi connectivity index (χ2v) is 8.01. The van der Waals surface area contributed by atoms with Crippen molar-refractivity contribution in [2.75, 3.05) is 13.1 Å². The van der Waals surface area contributed by atoms with Crippen LogP contribution in [0.2, 0.25) is 5.02 Å².